The molecule has 2 aliphatic carbocycles. The molecule has 2 aliphatic heterocycles. The Balaban J connectivity index is 1.08. The number of urea groups is 1. The van der Waals surface area contributed by atoms with Crippen LogP contribution in [0.4, 0.5) is 10.5 Å². The van der Waals surface area contributed by atoms with Crippen molar-refractivity contribution in [1.82, 2.24) is 29.7 Å². The zero-order valence-electron chi connectivity index (χ0n) is 25.4. The monoisotopic (exact) mass is 596 g/mol. The Kier molecular flexibility index (Phi) is 6.48. The normalized spacial score (nSPS) is 22.3. The number of carbonyl (C=O) groups excluding carboxylic acids is 2. The molecule has 11 nitrogen and oxygen atoms in total. The maximum absolute atomic E-state index is 13.7. The van der Waals surface area contributed by atoms with Gasteiger partial charge in [-0.2, -0.15) is 0 Å². The van der Waals surface area contributed by atoms with E-state index >= 15 is 0 Å². The lowest BCUT2D eigenvalue weighted by Gasteiger charge is -2.31. The Hall–Kier alpha value is -4.25. The molecule has 2 aromatic carbocycles. The highest BCUT2D eigenvalue weighted by Crippen LogP contribution is 2.40. The van der Waals surface area contributed by atoms with Crippen molar-refractivity contribution in [3.63, 3.8) is 0 Å². The smallest absolute Gasteiger partial charge is 0.315 e. The number of imidazole rings is 1. The number of rotatable bonds is 8. The number of para-hydroxylation sites is 1. The molecule has 3 atom stereocenters. The van der Waals surface area contributed by atoms with Crippen LogP contribution in [-0.4, -0.2) is 82.4 Å². The maximum atomic E-state index is 13.7. The average molecular weight is 597 g/mol. The largest absolute Gasteiger partial charge is 0.494 e. The summed E-state index contributed by atoms with van der Waals surface area (Å²) in [4.78, 5) is 35.2. The molecule has 1 saturated heterocycles. The summed E-state index contributed by atoms with van der Waals surface area (Å²) in [5.74, 6) is 1.88. The van der Waals surface area contributed by atoms with Crippen LogP contribution in [0.5, 0.6) is 5.75 Å². The summed E-state index contributed by atoms with van der Waals surface area (Å²) >= 11 is 0. The SMILES string of the molecule is COc1cc(C(=O)N2C[C@H]3CC[C@@H]2[C@@H]3N)cc2nc(-c3cc4cccc5c4n3CCN5CCCNC(=O)NC3CC3)n(C)c12. The third kappa shape index (κ3) is 4.39. The number of hydrogen-bond donors (Lipinski definition) is 3. The second-order valence-electron chi connectivity index (χ2n) is 12.9. The van der Waals surface area contributed by atoms with Gasteiger partial charge < -0.3 is 40.0 Å². The van der Waals surface area contributed by atoms with E-state index in [1.165, 1.54) is 16.6 Å². The number of anilines is 1. The van der Waals surface area contributed by atoms with Crippen molar-refractivity contribution >= 4 is 39.6 Å². The molecular formula is C33H40N8O3. The van der Waals surface area contributed by atoms with Crippen molar-refractivity contribution in [2.24, 2.45) is 18.7 Å². The molecule has 8 rings (SSSR count). The number of hydrogen-bond acceptors (Lipinski definition) is 6. The van der Waals surface area contributed by atoms with Gasteiger partial charge in [-0.25, -0.2) is 9.78 Å². The van der Waals surface area contributed by atoms with Gasteiger partial charge in [0.1, 0.15) is 11.3 Å². The maximum Gasteiger partial charge on any atom is 0.315 e. The number of ether oxygens (including phenoxy) is 1. The molecule has 2 aromatic heterocycles. The van der Waals surface area contributed by atoms with E-state index in [4.69, 9.17) is 15.5 Å². The fraction of sp³-hybridized carbons (Fsp3) is 0.485. The van der Waals surface area contributed by atoms with Gasteiger partial charge in [0.15, 0.2) is 5.82 Å². The van der Waals surface area contributed by atoms with Crippen molar-refractivity contribution in [3.8, 4) is 17.3 Å². The number of aryl methyl sites for hydroxylation is 1. The summed E-state index contributed by atoms with van der Waals surface area (Å²) in [6.07, 6.45) is 5.13. The van der Waals surface area contributed by atoms with E-state index in [0.717, 1.165) is 80.8 Å². The van der Waals surface area contributed by atoms with Crippen LogP contribution < -0.4 is 26.0 Å². The van der Waals surface area contributed by atoms with E-state index < -0.39 is 0 Å². The van der Waals surface area contributed by atoms with E-state index in [1.54, 1.807) is 7.11 Å². The quantitative estimate of drug-likeness (QED) is 0.268. The lowest BCUT2D eigenvalue weighted by atomic mass is 10.1. The molecule has 4 aliphatic rings. The predicted molar refractivity (Wildman–Crippen MR) is 170 cm³/mol. The number of amides is 3. The highest BCUT2D eigenvalue weighted by atomic mass is 16.5. The number of methoxy groups -OCH3 is 1. The molecular weight excluding hydrogens is 556 g/mol. The van der Waals surface area contributed by atoms with E-state index in [0.29, 0.717) is 29.8 Å². The molecule has 44 heavy (non-hydrogen) atoms. The van der Waals surface area contributed by atoms with Gasteiger partial charge in [0.2, 0.25) is 0 Å². The van der Waals surface area contributed by atoms with Gasteiger partial charge in [0.25, 0.3) is 5.91 Å². The zero-order valence-corrected chi connectivity index (χ0v) is 25.4. The van der Waals surface area contributed by atoms with Crippen molar-refractivity contribution < 1.29 is 14.3 Å². The van der Waals surface area contributed by atoms with Crippen molar-refractivity contribution in [2.75, 3.05) is 38.2 Å². The lowest BCUT2D eigenvalue weighted by molar-refractivity contribution is 0.0700. The van der Waals surface area contributed by atoms with Gasteiger partial charge in [-0.05, 0) is 62.3 Å². The summed E-state index contributed by atoms with van der Waals surface area (Å²) in [5, 5.41) is 7.14. The van der Waals surface area contributed by atoms with Gasteiger partial charge in [-0.1, -0.05) is 12.1 Å². The molecule has 0 spiro atoms. The highest BCUT2D eigenvalue weighted by Gasteiger charge is 2.47. The third-order valence-corrected chi connectivity index (χ3v) is 10.2. The standard InChI is InChI=1S/C33H40N8O3/c1-38-30-23(15-21(17-27(30)44-2)32(42)41-18-20-7-10-24(41)28(20)34)37-31(38)26-16-19-5-3-6-25-29(19)40(26)14-13-39(25)12-4-11-35-33(43)36-22-8-9-22/h3,5-6,15-17,20,22,24,28H,4,7-14,18,34H2,1-2H3,(H2,35,36,43)/t20-,24-,28-/m1/s1. The number of nitrogens with one attached hydrogen (secondary N) is 2. The minimum absolute atomic E-state index is 0.00652. The molecule has 3 amide bonds. The summed E-state index contributed by atoms with van der Waals surface area (Å²) in [5.41, 5.74) is 12.1. The van der Waals surface area contributed by atoms with Crippen LogP contribution in [0.25, 0.3) is 33.5 Å². The second-order valence-corrected chi connectivity index (χ2v) is 12.9. The number of fused-ring (bicyclic) bond motifs is 3. The van der Waals surface area contributed by atoms with Crippen LogP contribution in [0.15, 0.2) is 36.4 Å². The molecule has 2 saturated carbocycles. The average Bonchev–Trinajstić information content (AvgIpc) is 3.38. The Labute approximate surface area is 256 Å². The van der Waals surface area contributed by atoms with Gasteiger partial charge in [0, 0.05) is 68.8 Å². The molecule has 4 aromatic rings. The van der Waals surface area contributed by atoms with Crippen molar-refractivity contribution in [1.29, 1.82) is 0 Å². The number of benzene rings is 2. The van der Waals surface area contributed by atoms with E-state index in [-0.39, 0.29) is 24.0 Å². The number of carbonyl (C=O) groups is 2. The van der Waals surface area contributed by atoms with Crippen LogP contribution in [0.1, 0.15) is 42.5 Å². The molecule has 11 heteroatoms. The molecule has 0 unspecified atom stereocenters. The minimum Gasteiger partial charge on any atom is -0.494 e. The lowest BCUT2D eigenvalue weighted by Crippen LogP contribution is -2.41. The Bertz CT molecular complexity index is 1790. The van der Waals surface area contributed by atoms with Gasteiger partial charge in [-0.3, -0.25) is 4.79 Å². The Morgan fingerprint density at radius 1 is 1.09 bits per heavy atom. The van der Waals surface area contributed by atoms with Crippen LogP contribution in [0, 0.1) is 5.92 Å². The summed E-state index contributed by atoms with van der Waals surface area (Å²) in [6, 6.07) is 12.9. The van der Waals surface area contributed by atoms with Gasteiger partial charge in [-0.15, -0.1) is 0 Å². The fourth-order valence-corrected chi connectivity index (χ4v) is 7.75. The van der Waals surface area contributed by atoms with E-state index in [1.807, 2.05) is 24.1 Å². The fourth-order valence-electron chi connectivity index (χ4n) is 7.75. The first-order valence-corrected chi connectivity index (χ1v) is 15.9. The van der Waals surface area contributed by atoms with Gasteiger partial charge >= 0.3 is 6.03 Å². The predicted octanol–water partition coefficient (Wildman–Crippen LogP) is 3.44. The Morgan fingerprint density at radius 3 is 2.70 bits per heavy atom. The number of nitrogens with two attached hydrogens (primary N) is 1. The number of nitrogens with zero attached hydrogens (tertiary/aromatic N) is 5. The van der Waals surface area contributed by atoms with Crippen LogP contribution in [0.3, 0.4) is 0 Å². The first-order valence-electron chi connectivity index (χ1n) is 15.9. The third-order valence-electron chi connectivity index (χ3n) is 10.2. The van der Waals surface area contributed by atoms with Crippen LogP contribution in [0.2, 0.25) is 0 Å². The van der Waals surface area contributed by atoms with E-state index in [2.05, 4.69) is 48.9 Å². The minimum atomic E-state index is -0.0606. The van der Waals surface area contributed by atoms with Crippen LogP contribution >= 0.6 is 0 Å². The number of piperidine rings is 1. The van der Waals surface area contributed by atoms with Crippen molar-refractivity contribution in [3.05, 3.63) is 42.0 Å². The summed E-state index contributed by atoms with van der Waals surface area (Å²) in [7, 11) is 3.66. The first kappa shape index (κ1) is 27.3. The van der Waals surface area contributed by atoms with Crippen LogP contribution in [-0.2, 0) is 13.6 Å². The second kappa shape index (κ2) is 10.4. The molecule has 3 fully saturated rings. The van der Waals surface area contributed by atoms with Crippen molar-refractivity contribution in [2.45, 2.75) is 56.8 Å². The molecule has 230 valence electrons. The van der Waals surface area contributed by atoms with E-state index in [9.17, 15) is 9.59 Å². The summed E-state index contributed by atoms with van der Waals surface area (Å²) in [6.45, 7) is 3.94. The molecule has 4 heterocycles. The van der Waals surface area contributed by atoms with Gasteiger partial charge in [0.05, 0.1) is 29.5 Å². The topological polar surface area (TPSA) is 123 Å². The highest BCUT2D eigenvalue weighted by molar-refractivity contribution is 6.01. The first-order chi connectivity index (χ1) is 21.4. The Morgan fingerprint density at radius 2 is 1.95 bits per heavy atom. The number of aromatic nitrogens is 3. The number of likely N-dealkylation sites (tertiary alicyclic amines) is 1. The summed E-state index contributed by atoms with van der Waals surface area (Å²) < 4.78 is 10.3. The molecule has 0 radical (unpaired) electrons. The zero-order chi connectivity index (χ0) is 30.1. The molecule has 2 bridgehead atoms. The molecule has 4 N–H and O–H groups in total.